The first kappa shape index (κ1) is 25.7. The van der Waals surface area contributed by atoms with Crippen LogP contribution < -0.4 is 9.64 Å². The summed E-state index contributed by atoms with van der Waals surface area (Å²) in [5.41, 5.74) is 5.52. The fourth-order valence-corrected chi connectivity index (χ4v) is 7.25. The molecule has 9 nitrogen and oxygen atoms in total. The van der Waals surface area contributed by atoms with Gasteiger partial charge in [-0.2, -0.15) is 5.10 Å². The van der Waals surface area contributed by atoms with Crippen molar-refractivity contribution in [3.63, 3.8) is 0 Å². The summed E-state index contributed by atoms with van der Waals surface area (Å²) >= 11 is 0. The average Bonchev–Trinajstić information content (AvgIpc) is 3.61. The van der Waals surface area contributed by atoms with Crippen LogP contribution in [0.4, 0.5) is 5.69 Å². The molecule has 0 spiro atoms. The van der Waals surface area contributed by atoms with E-state index in [1.165, 1.54) is 19.1 Å². The smallest absolute Gasteiger partial charge is 0.156 e. The van der Waals surface area contributed by atoms with Crippen LogP contribution in [0.1, 0.15) is 49.9 Å². The number of anilines is 1. The zero-order valence-corrected chi connectivity index (χ0v) is 23.6. The van der Waals surface area contributed by atoms with Crippen molar-refractivity contribution in [2.45, 2.75) is 51.5 Å². The molecule has 5 heterocycles. The van der Waals surface area contributed by atoms with Crippen LogP contribution in [0.15, 0.2) is 42.9 Å². The second-order valence-corrected chi connectivity index (χ2v) is 13.2. The zero-order valence-electron chi connectivity index (χ0n) is 22.8. The van der Waals surface area contributed by atoms with Crippen molar-refractivity contribution in [2.75, 3.05) is 30.6 Å². The molecule has 0 bridgehead atoms. The lowest BCUT2D eigenvalue weighted by Crippen LogP contribution is -2.57. The highest BCUT2D eigenvalue weighted by Gasteiger charge is 2.38. The normalized spacial score (nSPS) is 19.9. The van der Waals surface area contributed by atoms with E-state index in [1.807, 2.05) is 29.9 Å². The van der Waals surface area contributed by atoms with Gasteiger partial charge in [-0.1, -0.05) is 12.8 Å². The Morgan fingerprint density at radius 3 is 2.62 bits per heavy atom. The number of fused-ring (bicyclic) bond motifs is 1. The van der Waals surface area contributed by atoms with Crippen molar-refractivity contribution in [3.8, 4) is 22.8 Å². The van der Waals surface area contributed by atoms with Crippen LogP contribution in [-0.2, 0) is 9.84 Å². The van der Waals surface area contributed by atoms with E-state index in [-0.39, 0.29) is 17.7 Å². The maximum absolute atomic E-state index is 11.9. The van der Waals surface area contributed by atoms with E-state index < -0.39 is 9.84 Å². The van der Waals surface area contributed by atoms with Gasteiger partial charge in [0.1, 0.15) is 15.6 Å². The summed E-state index contributed by atoms with van der Waals surface area (Å²) in [6.07, 6.45) is 11.3. The largest absolute Gasteiger partial charge is 0.496 e. The summed E-state index contributed by atoms with van der Waals surface area (Å²) < 4.78 is 31.3. The first-order chi connectivity index (χ1) is 18.7. The highest BCUT2D eigenvalue weighted by atomic mass is 32.2. The quantitative estimate of drug-likeness (QED) is 0.328. The molecule has 0 N–H and O–H groups in total. The number of rotatable bonds is 7. The van der Waals surface area contributed by atoms with Crippen LogP contribution in [-0.4, -0.2) is 64.9 Å². The maximum Gasteiger partial charge on any atom is 0.156 e. The number of aromatic nitrogens is 5. The lowest BCUT2D eigenvalue weighted by atomic mass is 9.90. The third-order valence-corrected chi connectivity index (χ3v) is 9.33. The molecule has 6 rings (SSSR count). The topological polar surface area (TPSA) is 103 Å². The fraction of sp³-hybridized carbons (Fsp3) is 0.448. The highest BCUT2D eigenvalue weighted by Crippen LogP contribution is 2.39. The van der Waals surface area contributed by atoms with Crippen molar-refractivity contribution in [1.82, 2.24) is 24.7 Å². The molecule has 204 valence electrons. The van der Waals surface area contributed by atoms with E-state index in [2.05, 4.69) is 28.9 Å². The Morgan fingerprint density at radius 1 is 1.10 bits per heavy atom. The molecule has 4 aromatic heterocycles. The molecule has 0 unspecified atom stereocenters. The van der Waals surface area contributed by atoms with Gasteiger partial charge in [0.15, 0.2) is 5.82 Å². The van der Waals surface area contributed by atoms with Gasteiger partial charge in [-0.25, -0.2) is 18.1 Å². The molecule has 0 aromatic carbocycles. The molecule has 1 aliphatic carbocycles. The van der Waals surface area contributed by atoms with E-state index >= 15 is 0 Å². The van der Waals surface area contributed by atoms with Gasteiger partial charge in [-0.3, -0.25) is 9.97 Å². The van der Waals surface area contributed by atoms with Crippen LogP contribution in [0.5, 0.6) is 5.75 Å². The lowest BCUT2D eigenvalue weighted by molar-refractivity contribution is 0.341. The molecular formula is C29H34N6O3S. The predicted octanol–water partition coefficient (Wildman–Crippen LogP) is 4.72. The molecule has 39 heavy (non-hydrogen) atoms. The molecule has 4 aromatic rings. The van der Waals surface area contributed by atoms with Crippen LogP contribution in [0.2, 0.25) is 0 Å². The molecule has 2 atom stereocenters. The highest BCUT2D eigenvalue weighted by molar-refractivity contribution is 7.90. The summed E-state index contributed by atoms with van der Waals surface area (Å²) in [4.78, 5) is 16.6. The van der Waals surface area contributed by atoms with Crippen molar-refractivity contribution in [2.24, 2.45) is 5.92 Å². The van der Waals surface area contributed by atoms with Gasteiger partial charge in [0.2, 0.25) is 0 Å². The minimum Gasteiger partial charge on any atom is -0.496 e. The molecule has 1 saturated heterocycles. The Kier molecular flexibility index (Phi) is 6.53. The minimum atomic E-state index is -3.02. The molecule has 0 amide bonds. The number of nitrogens with zero attached hydrogens (tertiary/aromatic N) is 6. The standard InChI is InChI=1S/C29H34N6O3S/c1-18-23-15-31-35(27(23)13-26(32-18)24-14-30-10-9-28(24)38-3)29-12-22(11-25(33-29)20-7-5-6-8-20)34-16-21(19(34)2)17-39(4,36)37/h9-15,19-21H,5-8,16-17H2,1-4H3/t19-,21-/m1/s1. The van der Waals surface area contributed by atoms with Gasteiger partial charge in [0.05, 0.1) is 35.8 Å². The van der Waals surface area contributed by atoms with Gasteiger partial charge < -0.3 is 9.64 Å². The first-order valence-electron chi connectivity index (χ1n) is 13.5. The van der Waals surface area contributed by atoms with E-state index in [0.717, 1.165) is 64.4 Å². The Labute approximate surface area is 229 Å². The van der Waals surface area contributed by atoms with Gasteiger partial charge >= 0.3 is 0 Å². The number of hydrogen-bond donors (Lipinski definition) is 0. The van der Waals surface area contributed by atoms with Crippen LogP contribution >= 0.6 is 0 Å². The monoisotopic (exact) mass is 546 g/mol. The number of sulfone groups is 1. The zero-order chi connectivity index (χ0) is 27.3. The van der Waals surface area contributed by atoms with E-state index in [4.69, 9.17) is 19.8 Å². The van der Waals surface area contributed by atoms with E-state index in [1.54, 1.807) is 19.5 Å². The van der Waals surface area contributed by atoms with Crippen molar-refractivity contribution < 1.29 is 13.2 Å². The molecule has 0 radical (unpaired) electrons. The average molecular weight is 547 g/mol. The molecule has 10 heteroatoms. The fourth-order valence-electron chi connectivity index (χ4n) is 6.09. The summed E-state index contributed by atoms with van der Waals surface area (Å²) in [7, 11) is -1.38. The number of ether oxygens (including phenoxy) is 1. The van der Waals surface area contributed by atoms with Gasteiger partial charge in [0.25, 0.3) is 0 Å². The third-order valence-electron chi connectivity index (χ3n) is 8.30. The second-order valence-electron chi connectivity index (χ2n) is 11.0. The molecule has 2 fully saturated rings. The van der Waals surface area contributed by atoms with Gasteiger partial charge in [-0.15, -0.1) is 0 Å². The van der Waals surface area contributed by atoms with Gasteiger partial charge in [-0.05, 0) is 44.9 Å². The van der Waals surface area contributed by atoms with Crippen molar-refractivity contribution in [3.05, 3.63) is 54.2 Å². The first-order valence-corrected chi connectivity index (χ1v) is 15.6. The number of hydrogen-bond acceptors (Lipinski definition) is 8. The predicted molar refractivity (Wildman–Crippen MR) is 152 cm³/mol. The van der Waals surface area contributed by atoms with Crippen molar-refractivity contribution in [1.29, 1.82) is 0 Å². The summed E-state index contributed by atoms with van der Waals surface area (Å²) in [6.45, 7) is 4.81. The minimum absolute atomic E-state index is 0.128. The van der Waals surface area contributed by atoms with Crippen LogP contribution in [0.3, 0.4) is 0 Å². The SMILES string of the molecule is COc1ccncc1-c1cc2c(cnn2-c2cc(N3C[C@H](CS(C)(=O)=O)[C@H]3C)cc(C3CCCC3)n2)c(C)n1. The Bertz CT molecular complexity index is 1640. The van der Waals surface area contributed by atoms with Crippen LogP contribution in [0.25, 0.3) is 28.0 Å². The summed E-state index contributed by atoms with van der Waals surface area (Å²) in [6, 6.07) is 8.27. The second kappa shape index (κ2) is 9.89. The maximum atomic E-state index is 11.9. The van der Waals surface area contributed by atoms with E-state index in [9.17, 15) is 8.42 Å². The third kappa shape index (κ3) is 4.86. The molecule has 1 saturated carbocycles. The number of pyridine rings is 3. The van der Waals surface area contributed by atoms with Crippen LogP contribution in [0, 0.1) is 12.8 Å². The molecular weight excluding hydrogens is 512 g/mol. The summed E-state index contributed by atoms with van der Waals surface area (Å²) in [5.74, 6) is 2.24. The summed E-state index contributed by atoms with van der Waals surface area (Å²) in [5, 5.41) is 5.73. The Morgan fingerprint density at radius 2 is 1.90 bits per heavy atom. The van der Waals surface area contributed by atoms with E-state index in [0.29, 0.717) is 11.7 Å². The molecule has 1 aliphatic heterocycles. The van der Waals surface area contributed by atoms with Crippen molar-refractivity contribution >= 4 is 26.4 Å². The molecule has 2 aliphatic rings. The number of aryl methyl sites for hydroxylation is 1. The Hall–Kier alpha value is -3.53. The number of methoxy groups -OCH3 is 1. The lowest BCUT2D eigenvalue weighted by Gasteiger charge is -2.48. The Balaban J connectivity index is 1.44. The van der Waals surface area contributed by atoms with Gasteiger partial charge in [0, 0.05) is 71.6 Å².